The Morgan fingerprint density at radius 3 is 2.45 bits per heavy atom. The van der Waals surface area contributed by atoms with Crippen molar-refractivity contribution in [3.8, 4) is 0 Å². The molecule has 0 aromatic rings. The molecule has 2 unspecified atom stereocenters. The normalized spacial score (nSPS) is 25.4. The molecular formula is C18H38N2. The molecule has 0 aromatic carbocycles. The molecule has 2 heteroatoms. The molecule has 0 spiro atoms. The summed E-state index contributed by atoms with van der Waals surface area (Å²) in [5.74, 6) is 1.62. The summed E-state index contributed by atoms with van der Waals surface area (Å²) in [5, 5.41) is 3.80. The molecule has 1 saturated heterocycles. The topological polar surface area (TPSA) is 15.3 Å². The highest BCUT2D eigenvalue weighted by Crippen LogP contribution is 2.30. The molecule has 1 rings (SSSR count). The van der Waals surface area contributed by atoms with Crippen LogP contribution >= 0.6 is 0 Å². The number of unbranched alkanes of at least 4 members (excludes halogenated alkanes) is 1. The summed E-state index contributed by atoms with van der Waals surface area (Å²) in [4.78, 5) is 2.71. The molecule has 0 radical (unpaired) electrons. The Balaban J connectivity index is 2.52. The quantitative estimate of drug-likeness (QED) is 0.754. The Morgan fingerprint density at radius 2 is 1.90 bits per heavy atom. The van der Waals surface area contributed by atoms with E-state index in [0.29, 0.717) is 11.5 Å². The van der Waals surface area contributed by atoms with Gasteiger partial charge in [-0.05, 0) is 49.6 Å². The van der Waals surface area contributed by atoms with Gasteiger partial charge >= 0.3 is 0 Å². The molecule has 0 saturated carbocycles. The molecule has 0 aliphatic carbocycles. The number of nitrogens with one attached hydrogen (secondary N) is 1. The molecule has 120 valence electrons. The number of hydrogen-bond donors (Lipinski definition) is 1. The molecule has 1 aliphatic heterocycles. The fourth-order valence-electron chi connectivity index (χ4n) is 3.43. The van der Waals surface area contributed by atoms with E-state index < -0.39 is 0 Å². The van der Waals surface area contributed by atoms with Crippen molar-refractivity contribution in [1.82, 2.24) is 10.2 Å². The molecular weight excluding hydrogens is 244 g/mol. The summed E-state index contributed by atoms with van der Waals surface area (Å²) in [6.07, 6.45) is 5.38. The minimum atomic E-state index is 0.459. The van der Waals surface area contributed by atoms with Gasteiger partial charge in [0.25, 0.3) is 0 Å². The van der Waals surface area contributed by atoms with Gasteiger partial charge in [0.1, 0.15) is 0 Å². The van der Waals surface area contributed by atoms with Crippen molar-refractivity contribution < 1.29 is 0 Å². The number of nitrogens with zero attached hydrogens (tertiary/aromatic N) is 1. The van der Waals surface area contributed by atoms with E-state index >= 15 is 0 Å². The second kappa shape index (κ2) is 8.38. The van der Waals surface area contributed by atoms with Gasteiger partial charge < -0.3 is 10.2 Å². The van der Waals surface area contributed by atoms with Gasteiger partial charge in [0.15, 0.2) is 0 Å². The van der Waals surface area contributed by atoms with E-state index in [1.807, 2.05) is 0 Å². The maximum Gasteiger partial charge on any atom is 0.0198 e. The lowest BCUT2D eigenvalue weighted by atomic mass is 9.80. The molecule has 0 amide bonds. The Morgan fingerprint density at radius 1 is 1.20 bits per heavy atom. The average molecular weight is 283 g/mol. The van der Waals surface area contributed by atoms with E-state index in [1.165, 1.54) is 45.3 Å². The Bertz CT molecular complexity index is 255. The monoisotopic (exact) mass is 282 g/mol. The van der Waals surface area contributed by atoms with Gasteiger partial charge in [-0.1, -0.05) is 48.0 Å². The van der Waals surface area contributed by atoms with Crippen LogP contribution in [-0.4, -0.2) is 37.1 Å². The number of piperidine rings is 1. The van der Waals surface area contributed by atoms with Crippen LogP contribution in [0.3, 0.4) is 0 Å². The van der Waals surface area contributed by atoms with Crippen molar-refractivity contribution in [3.63, 3.8) is 0 Å². The van der Waals surface area contributed by atoms with Gasteiger partial charge in [0.2, 0.25) is 0 Å². The van der Waals surface area contributed by atoms with Gasteiger partial charge in [-0.15, -0.1) is 0 Å². The maximum absolute atomic E-state index is 3.80. The first kappa shape index (κ1) is 18.0. The number of hydrogen-bond acceptors (Lipinski definition) is 2. The number of likely N-dealkylation sites (tertiary alicyclic amines) is 1. The van der Waals surface area contributed by atoms with Crippen LogP contribution in [-0.2, 0) is 0 Å². The summed E-state index contributed by atoms with van der Waals surface area (Å²) in [6, 6.07) is 0.704. The third-order valence-electron chi connectivity index (χ3n) is 4.16. The lowest BCUT2D eigenvalue weighted by Crippen LogP contribution is -2.50. The van der Waals surface area contributed by atoms with Gasteiger partial charge in [-0.2, -0.15) is 0 Å². The molecule has 2 nitrogen and oxygen atoms in total. The molecule has 1 aliphatic rings. The van der Waals surface area contributed by atoms with E-state index in [4.69, 9.17) is 0 Å². The Labute approximate surface area is 127 Å². The highest BCUT2D eigenvalue weighted by Gasteiger charge is 2.29. The Hall–Kier alpha value is -0.0800. The van der Waals surface area contributed by atoms with Gasteiger partial charge in [0, 0.05) is 19.1 Å². The first-order valence-electron chi connectivity index (χ1n) is 8.76. The lowest BCUT2D eigenvalue weighted by Gasteiger charge is -2.40. The van der Waals surface area contributed by atoms with Crippen LogP contribution in [0, 0.1) is 17.3 Å². The van der Waals surface area contributed by atoms with E-state index in [2.05, 4.69) is 51.8 Å². The molecule has 0 bridgehead atoms. The fraction of sp³-hybridized carbons (Fsp3) is 1.00. The highest BCUT2D eigenvalue weighted by molar-refractivity contribution is 4.85. The zero-order chi connectivity index (χ0) is 15.2. The lowest BCUT2D eigenvalue weighted by molar-refractivity contribution is 0.111. The number of rotatable bonds is 7. The zero-order valence-corrected chi connectivity index (χ0v) is 14.8. The summed E-state index contributed by atoms with van der Waals surface area (Å²) < 4.78 is 0. The van der Waals surface area contributed by atoms with Crippen molar-refractivity contribution in [2.24, 2.45) is 17.3 Å². The second-order valence-corrected chi connectivity index (χ2v) is 8.48. The molecule has 20 heavy (non-hydrogen) atoms. The van der Waals surface area contributed by atoms with E-state index in [1.54, 1.807) is 0 Å². The van der Waals surface area contributed by atoms with Crippen LogP contribution in [0.5, 0.6) is 0 Å². The predicted octanol–water partition coefficient (Wildman–Crippen LogP) is 4.16. The average Bonchev–Trinajstić information content (AvgIpc) is 2.31. The van der Waals surface area contributed by atoms with Gasteiger partial charge in [0.05, 0.1) is 0 Å². The van der Waals surface area contributed by atoms with Crippen LogP contribution in [0.25, 0.3) is 0 Å². The van der Waals surface area contributed by atoms with Crippen LogP contribution in [0.2, 0.25) is 0 Å². The second-order valence-electron chi connectivity index (χ2n) is 8.48. The molecule has 1 fully saturated rings. The summed E-state index contributed by atoms with van der Waals surface area (Å²) in [6.45, 7) is 19.1. The minimum Gasteiger partial charge on any atom is -0.312 e. The van der Waals surface area contributed by atoms with E-state index in [0.717, 1.165) is 18.4 Å². The van der Waals surface area contributed by atoms with Gasteiger partial charge in [-0.3, -0.25) is 0 Å². The standard InChI is InChI=1S/C18H38N2/c1-7-8-9-20-13-16(11-18(4,5)6)10-17(14-20)19-12-15(2)3/h15-17,19H,7-14H2,1-6H3. The molecule has 0 aromatic heterocycles. The largest absolute Gasteiger partial charge is 0.312 e. The first-order chi connectivity index (χ1) is 9.30. The van der Waals surface area contributed by atoms with Crippen LogP contribution in [0.1, 0.15) is 67.2 Å². The molecule has 1 N–H and O–H groups in total. The van der Waals surface area contributed by atoms with Crippen molar-refractivity contribution in [1.29, 1.82) is 0 Å². The summed E-state index contributed by atoms with van der Waals surface area (Å²) >= 11 is 0. The van der Waals surface area contributed by atoms with Crippen LogP contribution < -0.4 is 5.32 Å². The smallest absolute Gasteiger partial charge is 0.0198 e. The third-order valence-corrected chi connectivity index (χ3v) is 4.16. The highest BCUT2D eigenvalue weighted by atomic mass is 15.2. The van der Waals surface area contributed by atoms with E-state index in [9.17, 15) is 0 Å². The van der Waals surface area contributed by atoms with Crippen molar-refractivity contribution >= 4 is 0 Å². The SMILES string of the molecule is CCCCN1CC(CC(C)(C)C)CC(NCC(C)C)C1. The first-order valence-corrected chi connectivity index (χ1v) is 8.76. The molecule has 2 atom stereocenters. The third kappa shape index (κ3) is 7.64. The summed E-state index contributed by atoms with van der Waals surface area (Å²) in [5.41, 5.74) is 0.459. The minimum absolute atomic E-state index is 0.459. The predicted molar refractivity (Wildman–Crippen MR) is 90.2 cm³/mol. The van der Waals surface area contributed by atoms with Crippen molar-refractivity contribution in [3.05, 3.63) is 0 Å². The van der Waals surface area contributed by atoms with E-state index in [-0.39, 0.29) is 0 Å². The summed E-state index contributed by atoms with van der Waals surface area (Å²) in [7, 11) is 0. The van der Waals surface area contributed by atoms with Crippen LogP contribution in [0.4, 0.5) is 0 Å². The molecule has 1 heterocycles. The van der Waals surface area contributed by atoms with Crippen molar-refractivity contribution in [2.75, 3.05) is 26.2 Å². The van der Waals surface area contributed by atoms with Gasteiger partial charge in [-0.25, -0.2) is 0 Å². The fourth-order valence-corrected chi connectivity index (χ4v) is 3.43. The Kier molecular flexibility index (Phi) is 7.53. The zero-order valence-electron chi connectivity index (χ0n) is 14.8. The van der Waals surface area contributed by atoms with Crippen molar-refractivity contribution in [2.45, 2.75) is 73.3 Å². The van der Waals surface area contributed by atoms with Crippen LogP contribution in [0.15, 0.2) is 0 Å². The maximum atomic E-state index is 3.80.